The molecule has 0 atom stereocenters. The lowest BCUT2D eigenvalue weighted by Gasteiger charge is -2.16. The van der Waals surface area contributed by atoms with Gasteiger partial charge in [-0.05, 0) is 24.3 Å². The lowest BCUT2D eigenvalue weighted by atomic mass is 10.2. The normalized spacial score (nSPS) is 9.83. The lowest BCUT2D eigenvalue weighted by molar-refractivity contribution is -0.113. The summed E-state index contributed by atoms with van der Waals surface area (Å²) in [5, 5.41) is 2.91. The molecule has 3 aromatic rings. The molecule has 0 saturated carbocycles. The van der Waals surface area contributed by atoms with Crippen molar-refractivity contribution in [2.24, 2.45) is 0 Å². The van der Waals surface area contributed by atoms with Crippen molar-refractivity contribution in [2.45, 2.75) is 7.43 Å². The van der Waals surface area contributed by atoms with Gasteiger partial charge in [0.1, 0.15) is 5.75 Å². The number of nitrogens with one attached hydrogen (secondary N) is 1. The van der Waals surface area contributed by atoms with Gasteiger partial charge in [0.25, 0.3) is 5.88 Å². The minimum Gasteiger partial charge on any atom is -0.481 e. The highest BCUT2D eigenvalue weighted by molar-refractivity contribution is 6.00. The van der Waals surface area contributed by atoms with Crippen LogP contribution >= 0.6 is 0 Å². The van der Waals surface area contributed by atoms with E-state index < -0.39 is 5.82 Å². The Kier molecular flexibility index (Phi) is 7.40. The summed E-state index contributed by atoms with van der Waals surface area (Å²) in [5.74, 6) is -0.387. The summed E-state index contributed by atoms with van der Waals surface area (Å²) in [6.45, 7) is 3.46. The number of hydrogen-bond acceptors (Lipinski definition) is 7. The van der Waals surface area contributed by atoms with Crippen LogP contribution in [0.2, 0.25) is 0 Å². The number of carbonyl (C=O) groups is 1. The van der Waals surface area contributed by atoms with Crippen LogP contribution in [0.25, 0.3) is 0 Å². The number of pyridine rings is 1. The van der Waals surface area contributed by atoms with Gasteiger partial charge in [0.2, 0.25) is 23.6 Å². The van der Waals surface area contributed by atoms with Gasteiger partial charge in [-0.25, -0.2) is 9.97 Å². The molecule has 2 heterocycles. The lowest BCUT2D eigenvalue weighted by Crippen LogP contribution is -2.23. The molecule has 2 aromatic heterocycles. The number of methoxy groups -OCH3 is 1. The number of halogens is 1. The molecule has 156 valence electrons. The summed E-state index contributed by atoms with van der Waals surface area (Å²) >= 11 is 0. The maximum absolute atomic E-state index is 14.2. The van der Waals surface area contributed by atoms with Crippen molar-refractivity contribution < 1.29 is 18.7 Å². The van der Waals surface area contributed by atoms with Gasteiger partial charge in [-0.15, -0.1) is 0 Å². The molecule has 1 aromatic carbocycles. The van der Waals surface area contributed by atoms with Gasteiger partial charge in [-0.3, -0.25) is 4.79 Å². The molecule has 0 spiro atoms. The Labute approximate surface area is 174 Å². The summed E-state index contributed by atoms with van der Waals surface area (Å²) in [6, 6.07) is 9.99. The van der Waals surface area contributed by atoms with Crippen molar-refractivity contribution in [3.05, 3.63) is 67.3 Å². The Morgan fingerprint density at radius 2 is 2.03 bits per heavy atom. The molecule has 0 bridgehead atoms. The second-order valence-corrected chi connectivity index (χ2v) is 5.76. The van der Waals surface area contributed by atoms with E-state index in [1.165, 1.54) is 24.3 Å². The highest BCUT2D eigenvalue weighted by Gasteiger charge is 2.12. The van der Waals surface area contributed by atoms with Crippen molar-refractivity contribution in [1.82, 2.24) is 15.0 Å². The quantitative estimate of drug-likeness (QED) is 0.579. The number of aromatic nitrogens is 3. The van der Waals surface area contributed by atoms with Gasteiger partial charge < -0.3 is 19.7 Å². The number of carbonyl (C=O) groups excluding carboxylic acids is 1. The first kappa shape index (κ1) is 22.3. The third-order valence-corrected chi connectivity index (χ3v) is 3.84. The maximum Gasteiger partial charge on any atom is 0.260 e. The van der Waals surface area contributed by atoms with E-state index in [2.05, 4.69) is 26.8 Å². The zero-order valence-electron chi connectivity index (χ0n) is 15.8. The van der Waals surface area contributed by atoms with Gasteiger partial charge >= 0.3 is 0 Å². The minimum absolute atomic E-state index is 0. The van der Waals surface area contributed by atoms with Crippen LogP contribution in [0.4, 0.5) is 21.7 Å². The average Bonchev–Trinajstić information content (AvgIpc) is 2.75. The summed E-state index contributed by atoms with van der Waals surface area (Å²) in [4.78, 5) is 25.2. The molecule has 0 unspecified atom stereocenters. The Morgan fingerprint density at radius 1 is 1.23 bits per heavy atom. The fraction of sp³-hybridized carbons (Fsp3) is 0.143. The fourth-order valence-electron chi connectivity index (χ4n) is 2.32. The van der Waals surface area contributed by atoms with Crippen LogP contribution in [-0.4, -0.2) is 35.0 Å². The van der Waals surface area contributed by atoms with Crippen molar-refractivity contribution in [1.29, 1.82) is 0 Å². The van der Waals surface area contributed by atoms with Gasteiger partial charge in [-0.1, -0.05) is 20.1 Å². The second kappa shape index (κ2) is 9.97. The minimum atomic E-state index is -0.732. The molecule has 9 heteroatoms. The van der Waals surface area contributed by atoms with E-state index in [-0.39, 0.29) is 25.2 Å². The predicted octanol–water partition coefficient (Wildman–Crippen LogP) is 4.34. The first-order valence-corrected chi connectivity index (χ1v) is 8.48. The number of amides is 1. The third-order valence-electron chi connectivity index (χ3n) is 3.84. The summed E-state index contributed by atoms with van der Waals surface area (Å²) in [7, 11) is 3.11. The van der Waals surface area contributed by atoms with Crippen molar-refractivity contribution in [2.75, 3.05) is 24.4 Å². The maximum atomic E-state index is 14.2. The van der Waals surface area contributed by atoms with Crippen LogP contribution < -0.4 is 19.7 Å². The largest absolute Gasteiger partial charge is 0.481 e. The van der Waals surface area contributed by atoms with Crippen LogP contribution in [0.3, 0.4) is 0 Å². The third kappa shape index (κ3) is 5.28. The van der Waals surface area contributed by atoms with Crippen molar-refractivity contribution >= 4 is 23.2 Å². The van der Waals surface area contributed by atoms with Crippen LogP contribution in [0, 0.1) is 5.82 Å². The Morgan fingerprint density at radius 3 is 2.70 bits per heavy atom. The summed E-state index contributed by atoms with van der Waals surface area (Å²) in [5.41, 5.74) is 1.15. The fourth-order valence-corrected chi connectivity index (χ4v) is 2.32. The number of benzene rings is 1. The standard InChI is InChI=1S/C20H18FN5O3.CH4/c1-4-18(27)26(2)14-6-5-7-15(10-14)29-19-16(21)12-23-20(25-19)24-13-8-9-17(28-3)22-11-13;/h4-12H,1H2,2-3H3,(H,23,24,25);1H4. The Hall–Kier alpha value is -4.01. The van der Waals surface area contributed by atoms with Crippen molar-refractivity contribution in [3.8, 4) is 17.5 Å². The first-order valence-electron chi connectivity index (χ1n) is 8.48. The zero-order valence-corrected chi connectivity index (χ0v) is 15.8. The van der Waals surface area contributed by atoms with E-state index in [1.807, 2.05) is 0 Å². The molecule has 0 saturated heterocycles. The SMILES string of the molecule is C.C=CC(=O)N(C)c1cccc(Oc2nc(Nc3ccc(OC)nc3)ncc2F)c1. The van der Waals surface area contributed by atoms with E-state index in [4.69, 9.17) is 9.47 Å². The highest BCUT2D eigenvalue weighted by Crippen LogP contribution is 2.27. The number of rotatable bonds is 7. The molecule has 0 aliphatic rings. The van der Waals surface area contributed by atoms with Gasteiger partial charge in [0.15, 0.2) is 0 Å². The molecule has 1 amide bonds. The molecule has 0 aliphatic carbocycles. The molecule has 3 rings (SSSR count). The molecule has 0 radical (unpaired) electrons. The molecule has 8 nitrogen and oxygen atoms in total. The van der Waals surface area contributed by atoms with E-state index in [9.17, 15) is 9.18 Å². The Balaban J connectivity index is 0.00000320. The number of anilines is 3. The predicted molar refractivity (Wildman–Crippen MR) is 113 cm³/mol. The summed E-state index contributed by atoms with van der Waals surface area (Å²) in [6.07, 6.45) is 3.73. The zero-order chi connectivity index (χ0) is 20.8. The summed E-state index contributed by atoms with van der Waals surface area (Å²) < 4.78 is 24.7. The topological polar surface area (TPSA) is 89.5 Å². The number of hydrogen-bond donors (Lipinski definition) is 1. The van der Waals surface area contributed by atoms with Crippen LogP contribution in [0.15, 0.2) is 61.4 Å². The number of likely N-dealkylation sites (N-methyl/N-ethyl adjacent to an activating group) is 1. The average molecular weight is 411 g/mol. The molecule has 0 aliphatic heterocycles. The van der Waals surface area contributed by atoms with Gasteiger partial charge in [0, 0.05) is 24.9 Å². The van der Waals surface area contributed by atoms with Crippen LogP contribution in [-0.2, 0) is 4.79 Å². The van der Waals surface area contributed by atoms with E-state index in [1.54, 1.807) is 43.4 Å². The number of ether oxygens (including phenoxy) is 2. The molecular weight excluding hydrogens is 389 g/mol. The highest BCUT2D eigenvalue weighted by atomic mass is 19.1. The first-order chi connectivity index (χ1) is 14.0. The van der Waals surface area contributed by atoms with Crippen LogP contribution in [0.5, 0.6) is 17.5 Å². The van der Waals surface area contributed by atoms with Gasteiger partial charge in [-0.2, -0.15) is 9.37 Å². The molecule has 1 N–H and O–H groups in total. The van der Waals surface area contributed by atoms with E-state index in [0.717, 1.165) is 6.20 Å². The molecule has 30 heavy (non-hydrogen) atoms. The second-order valence-electron chi connectivity index (χ2n) is 5.76. The van der Waals surface area contributed by atoms with Gasteiger partial charge in [0.05, 0.1) is 25.2 Å². The molecule has 0 fully saturated rings. The number of nitrogens with zero attached hydrogens (tertiary/aromatic N) is 4. The smallest absolute Gasteiger partial charge is 0.260 e. The van der Waals surface area contributed by atoms with E-state index >= 15 is 0 Å². The van der Waals surface area contributed by atoms with Crippen molar-refractivity contribution in [3.63, 3.8) is 0 Å². The molecular formula is C21H22FN5O3. The van der Waals surface area contributed by atoms with Crippen LogP contribution in [0.1, 0.15) is 7.43 Å². The van der Waals surface area contributed by atoms with E-state index in [0.29, 0.717) is 23.0 Å². The monoisotopic (exact) mass is 411 g/mol. The Bertz CT molecular complexity index is 1030.